The van der Waals surface area contributed by atoms with Crippen molar-refractivity contribution in [3.05, 3.63) is 65.1 Å². The highest BCUT2D eigenvalue weighted by Gasteiger charge is 1.89. The van der Waals surface area contributed by atoms with Crippen LogP contribution in [0.15, 0.2) is 65.1 Å². The SMILES string of the molecule is Brc1ccccc1.CCCCCCNc1ccccc1. The van der Waals surface area contributed by atoms with Gasteiger partial charge in [-0.15, -0.1) is 0 Å². The Kier molecular flexibility index (Phi) is 9.68. The molecule has 0 fully saturated rings. The van der Waals surface area contributed by atoms with Crippen LogP contribution in [0.2, 0.25) is 0 Å². The Morgan fingerprint density at radius 2 is 1.40 bits per heavy atom. The highest BCUT2D eigenvalue weighted by Crippen LogP contribution is 2.06. The van der Waals surface area contributed by atoms with Crippen LogP contribution in [-0.4, -0.2) is 6.54 Å². The van der Waals surface area contributed by atoms with Crippen LogP contribution in [0.5, 0.6) is 0 Å². The molecule has 0 atom stereocenters. The van der Waals surface area contributed by atoms with Crippen molar-refractivity contribution in [2.45, 2.75) is 32.6 Å². The fourth-order valence-electron chi connectivity index (χ4n) is 1.76. The number of benzene rings is 2. The number of hydrogen-bond acceptors (Lipinski definition) is 1. The van der Waals surface area contributed by atoms with Gasteiger partial charge in [0, 0.05) is 16.7 Å². The zero-order valence-corrected chi connectivity index (χ0v) is 13.8. The monoisotopic (exact) mass is 333 g/mol. The third-order valence-electron chi connectivity index (χ3n) is 2.87. The fourth-order valence-corrected chi connectivity index (χ4v) is 2.06. The van der Waals surface area contributed by atoms with Gasteiger partial charge in [0.1, 0.15) is 0 Å². The molecule has 1 N–H and O–H groups in total. The second-order valence-electron chi connectivity index (χ2n) is 4.65. The average molecular weight is 334 g/mol. The standard InChI is InChI=1S/C12H19N.C6H5Br/c1-2-3-4-8-11-13-12-9-6-5-7-10-12;7-6-4-2-1-3-5-6/h5-7,9-10,13H,2-4,8,11H2,1H3;1-5H. The molecule has 0 saturated heterocycles. The molecule has 0 aliphatic carbocycles. The average Bonchev–Trinajstić information content (AvgIpc) is 2.50. The summed E-state index contributed by atoms with van der Waals surface area (Å²) in [5.41, 5.74) is 1.24. The molecule has 2 aromatic rings. The predicted octanol–water partition coefficient (Wildman–Crippen LogP) is 6.13. The highest BCUT2D eigenvalue weighted by atomic mass is 79.9. The third kappa shape index (κ3) is 8.76. The van der Waals surface area contributed by atoms with Crippen LogP contribution in [0.1, 0.15) is 32.6 Å². The lowest BCUT2D eigenvalue weighted by Gasteiger charge is -2.04. The van der Waals surface area contributed by atoms with Gasteiger partial charge in [0.15, 0.2) is 0 Å². The van der Waals surface area contributed by atoms with Gasteiger partial charge in [0.05, 0.1) is 0 Å². The van der Waals surface area contributed by atoms with E-state index in [1.54, 1.807) is 0 Å². The van der Waals surface area contributed by atoms with Crippen LogP contribution in [-0.2, 0) is 0 Å². The van der Waals surface area contributed by atoms with E-state index in [4.69, 9.17) is 0 Å². The van der Waals surface area contributed by atoms with E-state index in [1.165, 1.54) is 31.4 Å². The van der Waals surface area contributed by atoms with E-state index in [0.29, 0.717) is 0 Å². The van der Waals surface area contributed by atoms with Crippen molar-refractivity contribution in [3.8, 4) is 0 Å². The second kappa shape index (κ2) is 11.5. The third-order valence-corrected chi connectivity index (χ3v) is 3.40. The van der Waals surface area contributed by atoms with E-state index in [-0.39, 0.29) is 0 Å². The normalized spacial score (nSPS) is 9.50. The van der Waals surface area contributed by atoms with E-state index in [0.717, 1.165) is 11.0 Å². The lowest BCUT2D eigenvalue weighted by Crippen LogP contribution is -2.00. The molecule has 0 aromatic heterocycles. The van der Waals surface area contributed by atoms with Crippen molar-refractivity contribution < 1.29 is 0 Å². The minimum atomic E-state index is 1.10. The summed E-state index contributed by atoms with van der Waals surface area (Å²) in [6.45, 7) is 3.34. The Bertz CT molecular complexity index is 428. The predicted molar refractivity (Wildman–Crippen MR) is 93.2 cm³/mol. The molecular formula is C18H24BrN. The summed E-state index contributed by atoms with van der Waals surface area (Å²) in [6, 6.07) is 20.4. The number of hydrogen-bond donors (Lipinski definition) is 1. The van der Waals surface area contributed by atoms with Crippen molar-refractivity contribution in [2.75, 3.05) is 11.9 Å². The maximum Gasteiger partial charge on any atom is 0.0340 e. The van der Waals surface area contributed by atoms with Gasteiger partial charge in [-0.05, 0) is 30.7 Å². The Hall–Kier alpha value is -1.28. The summed E-state index contributed by atoms with van der Waals surface area (Å²) >= 11 is 3.31. The number of rotatable bonds is 6. The van der Waals surface area contributed by atoms with Gasteiger partial charge in [-0.2, -0.15) is 0 Å². The molecule has 0 heterocycles. The van der Waals surface area contributed by atoms with Crippen LogP contribution in [0, 0.1) is 0 Å². The van der Waals surface area contributed by atoms with E-state index in [9.17, 15) is 0 Å². The first kappa shape index (κ1) is 16.8. The molecule has 0 bridgehead atoms. The van der Waals surface area contributed by atoms with Crippen LogP contribution in [0.3, 0.4) is 0 Å². The Labute approximate surface area is 131 Å². The summed E-state index contributed by atoms with van der Waals surface area (Å²) in [7, 11) is 0. The smallest absolute Gasteiger partial charge is 0.0340 e. The molecule has 0 spiro atoms. The first-order valence-corrected chi connectivity index (χ1v) is 8.11. The molecule has 2 rings (SSSR count). The quantitative estimate of drug-likeness (QED) is 0.627. The van der Waals surface area contributed by atoms with Crippen LogP contribution in [0.4, 0.5) is 5.69 Å². The minimum absolute atomic E-state index is 1.10. The number of para-hydroxylation sites is 1. The Morgan fingerprint density at radius 3 is 1.90 bits per heavy atom. The van der Waals surface area contributed by atoms with Crippen LogP contribution < -0.4 is 5.32 Å². The van der Waals surface area contributed by atoms with Crippen LogP contribution >= 0.6 is 15.9 Å². The number of anilines is 1. The molecule has 108 valence electrons. The fraction of sp³-hybridized carbons (Fsp3) is 0.333. The van der Waals surface area contributed by atoms with E-state index in [1.807, 2.05) is 36.4 Å². The Morgan fingerprint density at radius 1 is 0.800 bits per heavy atom. The molecule has 0 radical (unpaired) electrons. The van der Waals surface area contributed by atoms with E-state index >= 15 is 0 Å². The van der Waals surface area contributed by atoms with E-state index < -0.39 is 0 Å². The number of nitrogens with one attached hydrogen (secondary N) is 1. The van der Waals surface area contributed by atoms with Crippen molar-refractivity contribution >= 4 is 21.6 Å². The summed E-state index contributed by atoms with van der Waals surface area (Å²) in [5, 5.41) is 3.40. The topological polar surface area (TPSA) is 12.0 Å². The lowest BCUT2D eigenvalue weighted by molar-refractivity contribution is 0.685. The maximum absolute atomic E-state index is 3.40. The van der Waals surface area contributed by atoms with Crippen molar-refractivity contribution in [2.24, 2.45) is 0 Å². The molecule has 2 heteroatoms. The summed E-state index contributed by atoms with van der Waals surface area (Å²) in [5.74, 6) is 0. The molecule has 0 amide bonds. The summed E-state index contributed by atoms with van der Waals surface area (Å²) in [4.78, 5) is 0. The zero-order chi connectivity index (χ0) is 14.5. The molecule has 0 unspecified atom stereocenters. The molecule has 1 nitrogen and oxygen atoms in total. The van der Waals surface area contributed by atoms with Gasteiger partial charge in [-0.1, -0.05) is 78.5 Å². The van der Waals surface area contributed by atoms with Crippen molar-refractivity contribution in [1.82, 2.24) is 0 Å². The molecular weight excluding hydrogens is 310 g/mol. The maximum atomic E-state index is 3.40. The lowest BCUT2D eigenvalue weighted by atomic mass is 10.2. The van der Waals surface area contributed by atoms with Crippen molar-refractivity contribution in [3.63, 3.8) is 0 Å². The van der Waals surface area contributed by atoms with E-state index in [2.05, 4.69) is 52.4 Å². The zero-order valence-electron chi connectivity index (χ0n) is 12.2. The van der Waals surface area contributed by atoms with Gasteiger partial charge in [-0.25, -0.2) is 0 Å². The molecule has 0 saturated carbocycles. The minimum Gasteiger partial charge on any atom is -0.385 e. The second-order valence-corrected chi connectivity index (χ2v) is 5.56. The molecule has 0 aliphatic heterocycles. The molecule has 20 heavy (non-hydrogen) atoms. The van der Waals surface area contributed by atoms with Gasteiger partial charge >= 0.3 is 0 Å². The summed E-state index contributed by atoms with van der Waals surface area (Å²) in [6.07, 6.45) is 5.29. The number of halogens is 1. The van der Waals surface area contributed by atoms with Crippen molar-refractivity contribution in [1.29, 1.82) is 0 Å². The van der Waals surface area contributed by atoms with Crippen LogP contribution in [0.25, 0.3) is 0 Å². The van der Waals surface area contributed by atoms with Gasteiger partial charge < -0.3 is 5.32 Å². The van der Waals surface area contributed by atoms with Gasteiger partial charge in [0.25, 0.3) is 0 Å². The first-order valence-electron chi connectivity index (χ1n) is 7.32. The molecule has 0 aliphatic rings. The first-order chi connectivity index (χ1) is 9.83. The summed E-state index contributed by atoms with van der Waals surface area (Å²) < 4.78 is 1.13. The molecule has 2 aromatic carbocycles. The van der Waals surface area contributed by atoms with Gasteiger partial charge in [-0.3, -0.25) is 0 Å². The Balaban J connectivity index is 0.000000240. The van der Waals surface area contributed by atoms with Gasteiger partial charge in [0.2, 0.25) is 0 Å². The highest BCUT2D eigenvalue weighted by molar-refractivity contribution is 9.10. The largest absolute Gasteiger partial charge is 0.385 e. The number of unbranched alkanes of at least 4 members (excludes halogenated alkanes) is 3.